The minimum atomic E-state index is -3.72. The number of ether oxygens (including phenoxy) is 1. The van der Waals surface area contributed by atoms with E-state index < -0.39 is 10.0 Å². The quantitative estimate of drug-likeness (QED) is 0.776. The Morgan fingerprint density at radius 2 is 1.79 bits per heavy atom. The predicted molar refractivity (Wildman–Crippen MR) is 94.9 cm³/mol. The number of nitrogens with zero attached hydrogens (tertiary/aromatic N) is 1. The van der Waals surface area contributed by atoms with E-state index in [0.29, 0.717) is 18.7 Å². The molecule has 1 unspecified atom stereocenters. The van der Waals surface area contributed by atoms with E-state index in [2.05, 4.69) is 5.32 Å². The molecule has 1 atom stereocenters. The standard InChI is InChI=1S/C17H28N2O4S/c1-7-19(8-2)24(21,22)16-11-14(9-10-15(16)23-6)17(20)18-13(5)12(3)4/h9-13H,7-8H2,1-6H3,(H,18,20). The third-order valence-electron chi connectivity index (χ3n) is 4.11. The van der Waals surface area contributed by atoms with Crippen molar-refractivity contribution in [1.82, 2.24) is 9.62 Å². The summed E-state index contributed by atoms with van der Waals surface area (Å²) in [6, 6.07) is 4.46. The topological polar surface area (TPSA) is 75.7 Å². The van der Waals surface area contributed by atoms with Crippen LogP contribution in [0, 0.1) is 5.92 Å². The van der Waals surface area contributed by atoms with Crippen molar-refractivity contribution in [2.45, 2.75) is 45.6 Å². The fourth-order valence-corrected chi connectivity index (χ4v) is 3.82. The van der Waals surface area contributed by atoms with Gasteiger partial charge in [0.1, 0.15) is 10.6 Å². The van der Waals surface area contributed by atoms with Crippen molar-refractivity contribution in [2.24, 2.45) is 5.92 Å². The van der Waals surface area contributed by atoms with Gasteiger partial charge < -0.3 is 10.1 Å². The maximum Gasteiger partial charge on any atom is 0.251 e. The lowest BCUT2D eigenvalue weighted by molar-refractivity contribution is 0.0930. The number of sulfonamides is 1. The van der Waals surface area contributed by atoms with Crippen molar-refractivity contribution in [2.75, 3.05) is 20.2 Å². The zero-order chi connectivity index (χ0) is 18.5. The lowest BCUT2D eigenvalue weighted by atomic mass is 10.1. The number of hydrogen-bond donors (Lipinski definition) is 1. The van der Waals surface area contributed by atoms with Gasteiger partial charge in [0, 0.05) is 24.7 Å². The lowest BCUT2D eigenvalue weighted by Crippen LogP contribution is -2.36. The van der Waals surface area contributed by atoms with Crippen LogP contribution in [0.25, 0.3) is 0 Å². The maximum absolute atomic E-state index is 12.8. The zero-order valence-corrected chi connectivity index (χ0v) is 16.1. The number of benzene rings is 1. The molecule has 0 saturated carbocycles. The Bertz CT molecular complexity index is 667. The van der Waals surface area contributed by atoms with Crippen LogP contribution in [0.15, 0.2) is 23.1 Å². The van der Waals surface area contributed by atoms with Crippen LogP contribution in [0.4, 0.5) is 0 Å². The Morgan fingerprint density at radius 1 is 1.21 bits per heavy atom. The van der Waals surface area contributed by atoms with Crippen LogP contribution in [0.5, 0.6) is 5.75 Å². The Hall–Kier alpha value is -1.60. The predicted octanol–water partition coefficient (Wildman–Crippen LogP) is 2.50. The monoisotopic (exact) mass is 356 g/mol. The Morgan fingerprint density at radius 3 is 2.25 bits per heavy atom. The first-order valence-electron chi connectivity index (χ1n) is 8.18. The first-order chi connectivity index (χ1) is 11.2. The number of rotatable bonds is 8. The SMILES string of the molecule is CCN(CC)S(=O)(=O)c1cc(C(=O)NC(C)C(C)C)ccc1OC. The molecule has 7 heteroatoms. The summed E-state index contributed by atoms with van der Waals surface area (Å²) in [6.45, 7) is 10.2. The molecule has 136 valence electrons. The van der Waals surface area contributed by atoms with Crippen molar-refractivity contribution in [1.29, 1.82) is 0 Å². The molecule has 0 aliphatic rings. The van der Waals surface area contributed by atoms with Crippen molar-refractivity contribution in [3.8, 4) is 5.75 Å². The summed E-state index contributed by atoms with van der Waals surface area (Å²) in [6.07, 6.45) is 0. The van der Waals surface area contributed by atoms with Crippen LogP contribution >= 0.6 is 0 Å². The first-order valence-corrected chi connectivity index (χ1v) is 9.62. The van der Waals surface area contributed by atoms with E-state index in [0.717, 1.165) is 0 Å². The van der Waals surface area contributed by atoms with Gasteiger partial charge in [0.05, 0.1) is 7.11 Å². The zero-order valence-electron chi connectivity index (χ0n) is 15.3. The van der Waals surface area contributed by atoms with Crippen molar-refractivity contribution in [3.05, 3.63) is 23.8 Å². The first kappa shape index (κ1) is 20.4. The van der Waals surface area contributed by atoms with Gasteiger partial charge in [-0.2, -0.15) is 4.31 Å². The molecule has 6 nitrogen and oxygen atoms in total. The fraction of sp³-hybridized carbons (Fsp3) is 0.588. The molecule has 1 N–H and O–H groups in total. The van der Waals surface area contributed by atoms with Gasteiger partial charge in [-0.25, -0.2) is 8.42 Å². The van der Waals surface area contributed by atoms with Gasteiger partial charge in [0.25, 0.3) is 5.91 Å². The van der Waals surface area contributed by atoms with Gasteiger partial charge in [-0.1, -0.05) is 27.7 Å². The maximum atomic E-state index is 12.8. The summed E-state index contributed by atoms with van der Waals surface area (Å²) in [5.41, 5.74) is 0.300. The Labute approximate surface area is 145 Å². The summed E-state index contributed by atoms with van der Waals surface area (Å²) in [5, 5.41) is 2.88. The molecule has 0 heterocycles. The molecule has 0 spiro atoms. The molecular weight excluding hydrogens is 328 g/mol. The third-order valence-corrected chi connectivity index (χ3v) is 6.18. The number of carbonyl (C=O) groups is 1. The van der Waals surface area contributed by atoms with Crippen LogP contribution in [0.1, 0.15) is 45.0 Å². The van der Waals surface area contributed by atoms with Gasteiger partial charge in [0.2, 0.25) is 10.0 Å². The van der Waals surface area contributed by atoms with Crippen molar-refractivity contribution >= 4 is 15.9 Å². The van der Waals surface area contributed by atoms with Gasteiger partial charge in [-0.05, 0) is 31.0 Å². The van der Waals surface area contributed by atoms with E-state index in [4.69, 9.17) is 4.74 Å². The Balaban J connectivity index is 3.29. The molecule has 0 aromatic heterocycles. The van der Waals surface area contributed by atoms with Crippen molar-refractivity contribution in [3.63, 3.8) is 0 Å². The summed E-state index contributed by atoms with van der Waals surface area (Å²) in [5.74, 6) is 0.219. The highest BCUT2D eigenvalue weighted by Crippen LogP contribution is 2.28. The van der Waals surface area contributed by atoms with E-state index in [-0.39, 0.29) is 28.5 Å². The van der Waals surface area contributed by atoms with Crippen LogP contribution in [-0.2, 0) is 10.0 Å². The third kappa shape index (κ3) is 4.48. The van der Waals surface area contributed by atoms with E-state index >= 15 is 0 Å². The number of nitrogens with one attached hydrogen (secondary N) is 1. The number of carbonyl (C=O) groups excluding carboxylic acids is 1. The number of hydrogen-bond acceptors (Lipinski definition) is 4. The Kier molecular flexibility index (Phi) is 7.23. The number of amides is 1. The van der Waals surface area contributed by atoms with E-state index in [9.17, 15) is 13.2 Å². The lowest BCUT2D eigenvalue weighted by Gasteiger charge is -2.21. The van der Waals surface area contributed by atoms with Crippen LogP contribution in [0.3, 0.4) is 0 Å². The molecule has 1 amide bonds. The highest BCUT2D eigenvalue weighted by molar-refractivity contribution is 7.89. The second-order valence-electron chi connectivity index (χ2n) is 5.96. The molecule has 1 rings (SSSR count). The molecule has 0 fully saturated rings. The normalized spacial score (nSPS) is 13.2. The summed E-state index contributed by atoms with van der Waals surface area (Å²) >= 11 is 0. The van der Waals surface area contributed by atoms with Gasteiger partial charge in [0.15, 0.2) is 0 Å². The molecule has 0 aliphatic carbocycles. The average Bonchev–Trinajstić information content (AvgIpc) is 2.54. The van der Waals surface area contributed by atoms with Crippen molar-refractivity contribution < 1.29 is 17.9 Å². The molecule has 24 heavy (non-hydrogen) atoms. The molecule has 0 bridgehead atoms. The van der Waals surface area contributed by atoms with Gasteiger partial charge in [-0.3, -0.25) is 4.79 Å². The molecule has 1 aromatic rings. The summed E-state index contributed by atoms with van der Waals surface area (Å²) in [7, 11) is -2.30. The second kappa shape index (κ2) is 8.48. The minimum absolute atomic E-state index is 0.0116. The van der Waals surface area contributed by atoms with E-state index in [1.165, 1.54) is 23.5 Å². The van der Waals surface area contributed by atoms with Gasteiger partial charge in [-0.15, -0.1) is 0 Å². The minimum Gasteiger partial charge on any atom is -0.495 e. The molecule has 0 aliphatic heterocycles. The van der Waals surface area contributed by atoms with Crippen LogP contribution in [-0.4, -0.2) is 44.9 Å². The largest absolute Gasteiger partial charge is 0.495 e. The number of methoxy groups -OCH3 is 1. The molecule has 0 radical (unpaired) electrons. The van der Waals surface area contributed by atoms with Crippen LogP contribution < -0.4 is 10.1 Å². The highest BCUT2D eigenvalue weighted by Gasteiger charge is 2.27. The highest BCUT2D eigenvalue weighted by atomic mass is 32.2. The van der Waals surface area contributed by atoms with Crippen LogP contribution in [0.2, 0.25) is 0 Å². The summed E-state index contributed by atoms with van der Waals surface area (Å²) < 4.78 is 32.1. The summed E-state index contributed by atoms with van der Waals surface area (Å²) in [4.78, 5) is 12.4. The van der Waals surface area contributed by atoms with Gasteiger partial charge >= 0.3 is 0 Å². The van der Waals surface area contributed by atoms with E-state index in [1.54, 1.807) is 19.9 Å². The molecule has 1 aromatic carbocycles. The smallest absolute Gasteiger partial charge is 0.251 e. The second-order valence-corrected chi connectivity index (χ2v) is 7.87. The average molecular weight is 356 g/mol. The fourth-order valence-electron chi connectivity index (χ4n) is 2.18. The molecular formula is C17H28N2O4S. The molecule has 0 saturated heterocycles. The van der Waals surface area contributed by atoms with E-state index in [1.807, 2.05) is 20.8 Å².